The van der Waals surface area contributed by atoms with Crippen LogP contribution < -0.4 is 0 Å². The van der Waals surface area contributed by atoms with Gasteiger partial charge in [-0.15, -0.1) is 23.4 Å². The molecule has 1 aromatic rings. The molecular weight excluding hydrogens is 235 g/mol. The van der Waals surface area contributed by atoms with Crippen molar-refractivity contribution in [3.63, 3.8) is 0 Å². The van der Waals surface area contributed by atoms with Gasteiger partial charge in [0, 0.05) is 20.5 Å². The topological polar surface area (TPSA) is 0 Å². The molecule has 1 aliphatic rings. The van der Waals surface area contributed by atoms with Crippen LogP contribution in [0.1, 0.15) is 19.3 Å². The third kappa shape index (κ3) is 2.59. The minimum absolute atomic E-state index is 0.343. The Balaban J connectivity index is 2.00. The van der Waals surface area contributed by atoms with E-state index in [2.05, 4.69) is 12.1 Å². The van der Waals surface area contributed by atoms with E-state index in [1.807, 2.05) is 23.9 Å². The lowest BCUT2D eigenvalue weighted by Gasteiger charge is -2.12. The molecule has 76 valence electrons. The van der Waals surface area contributed by atoms with Gasteiger partial charge >= 0.3 is 0 Å². The average Bonchev–Trinajstić information content (AvgIpc) is 2.56. The van der Waals surface area contributed by atoms with Crippen LogP contribution in [0.2, 0.25) is 5.02 Å². The van der Waals surface area contributed by atoms with Crippen molar-refractivity contribution in [3.05, 3.63) is 29.3 Å². The zero-order valence-corrected chi connectivity index (χ0v) is 10.1. The monoisotopic (exact) mass is 246 g/mol. The summed E-state index contributed by atoms with van der Waals surface area (Å²) in [4.78, 5) is 1.27. The van der Waals surface area contributed by atoms with E-state index >= 15 is 0 Å². The number of rotatable bonds is 2. The van der Waals surface area contributed by atoms with Crippen molar-refractivity contribution in [2.24, 2.45) is 0 Å². The summed E-state index contributed by atoms with van der Waals surface area (Å²) in [6.07, 6.45) is 3.66. The molecule has 2 atom stereocenters. The lowest BCUT2D eigenvalue weighted by Crippen LogP contribution is -2.08. The van der Waals surface area contributed by atoms with Crippen molar-refractivity contribution < 1.29 is 0 Å². The zero-order valence-electron chi connectivity index (χ0n) is 7.75. The molecule has 14 heavy (non-hydrogen) atoms. The molecule has 0 aromatic heterocycles. The quantitative estimate of drug-likeness (QED) is 0.688. The second-order valence-electron chi connectivity index (χ2n) is 3.56. The molecule has 0 heterocycles. The number of hydrogen-bond donors (Lipinski definition) is 0. The maximum absolute atomic E-state index is 6.21. The maximum Gasteiger partial charge on any atom is 0.0458 e. The first-order chi connectivity index (χ1) is 6.75. The Kier molecular flexibility index (Phi) is 3.64. The molecular formula is C11H12Cl2S. The van der Waals surface area contributed by atoms with Gasteiger partial charge in [-0.1, -0.05) is 18.0 Å². The number of thioether (sulfide) groups is 1. The van der Waals surface area contributed by atoms with E-state index in [4.69, 9.17) is 23.2 Å². The van der Waals surface area contributed by atoms with Crippen LogP contribution in [0.5, 0.6) is 0 Å². The highest BCUT2D eigenvalue weighted by Crippen LogP contribution is 2.37. The zero-order chi connectivity index (χ0) is 9.97. The molecule has 3 heteroatoms. The summed E-state index contributed by atoms with van der Waals surface area (Å²) in [6.45, 7) is 0. The SMILES string of the molecule is Clc1ccc(S[C@@H]2CCC[C@H]2Cl)cc1. The fourth-order valence-corrected chi connectivity index (χ4v) is 3.47. The van der Waals surface area contributed by atoms with Crippen LogP contribution in [0.4, 0.5) is 0 Å². The number of halogens is 2. The first-order valence-corrected chi connectivity index (χ1v) is 6.51. The van der Waals surface area contributed by atoms with Gasteiger partial charge in [-0.25, -0.2) is 0 Å². The van der Waals surface area contributed by atoms with Gasteiger partial charge in [-0.05, 0) is 37.1 Å². The van der Waals surface area contributed by atoms with Gasteiger partial charge in [-0.3, -0.25) is 0 Å². The van der Waals surface area contributed by atoms with Crippen molar-refractivity contribution in [2.45, 2.75) is 34.8 Å². The molecule has 0 saturated heterocycles. The normalized spacial score (nSPS) is 26.7. The second kappa shape index (κ2) is 4.78. The number of benzene rings is 1. The smallest absolute Gasteiger partial charge is 0.0458 e. The van der Waals surface area contributed by atoms with Crippen molar-refractivity contribution in [2.75, 3.05) is 0 Å². The van der Waals surface area contributed by atoms with Crippen molar-refractivity contribution in [1.82, 2.24) is 0 Å². The van der Waals surface area contributed by atoms with E-state index in [1.54, 1.807) is 0 Å². The summed E-state index contributed by atoms with van der Waals surface area (Å²) < 4.78 is 0. The third-order valence-corrected chi connectivity index (χ3v) is 4.81. The lowest BCUT2D eigenvalue weighted by molar-refractivity contribution is 0.888. The Morgan fingerprint density at radius 2 is 1.86 bits per heavy atom. The van der Waals surface area contributed by atoms with Gasteiger partial charge in [0.1, 0.15) is 0 Å². The predicted octanol–water partition coefficient (Wildman–Crippen LogP) is 4.59. The minimum atomic E-state index is 0.343. The van der Waals surface area contributed by atoms with Gasteiger partial charge in [0.2, 0.25) is 0 Å². The van der Waals surface area contributed by atoms with Crippen molar-refractivity contribution in [3.8, 4) is 0 Å². The van der Waals surface area contributed by atoms with Crippen LogP contribution in [0.3, 0.4) is 0 Å². The van der Waals surface area contributed by atoms with Gasteiger partial charge in [0.15, 0.2) is 0 Å². The molecule has 2 rings (SSSR count). The van der Waals surface area contributed by atoms with Gasteiger partial charge in [0.05, 0.1) is 0 Å². The summed E-state index contributed by atoms with van der Waals surface area (Å²) in [5.74, 6) is 0. The summed E-state index contributed by atoms with van der Waals surface area (Å²) in [5, 5.41) is 1.72. The van der Waals surface area contributed by atoms with E-state index in [1.165, 1.54) is 17.7 Å². The molecule has 0 aliphatic heterocycles. The molecule has 0 radical (unpaired) electrons. The Bertz CT molecular complexity index is 297. The van der Waals surface area contributed by atoms with Crippen molar-refractivity contribution in [1.29, 1.82) is 0 Å². The lowest BCUT2D eigenvalue weighted by atomic mass is 10.4. The maximum atomic E-state index is 6.21. The molecule has 0 N–H and O–H groups in total. The van der Waals surface area contributed by atoms with E-state index < -0.39 is 0 Å². The van der Waals surface area contributed by atoms with Crippen LogP contribution in [-0.2, 0) is 0 Å². The fourth-order valence-electron chi connectivity index (χ4n) is 1.70. The number of alkyl halides is 1. The highest BCUT2D eigenvalue weighted by atomic mass is 35.5. The Morgan fingerprint density at radius 1 is 1.14 bits per heavy atom. The molecule has 1 fully saturated rings. The first kappa shape index (κ1) is 10.7. The highest BCUT2D eigenvalue weighted by molar-refractivity contribution is 8.00. The number of hydrogen-bond acceptors (Lipinski definition) is 1. The fraction of sp³-hybridized carbons (Fsp3) is 0.455. The third-order valence-electron chi connectivity index (χ3n) is 2.47. The highest BCUT2D eigenvalue weighted by Gasteiger charge is 2.25. The first-order valence-electron chi connectivity index (χ1n) is 4.82. The van der Waals surface area contributed by atoms with Crippen LogP contribution >= 0.6 is 35.0 Å². The minimum Gasteiger partial charge on any atom is -0.122 e. The van der Waals surface area contributed by atoms with E-state index in [-0.39, 0.29) is 0 Å². The van der Waals surface area contributed by atoms with Crippen LogP contribution in [-0.4, -0.2) is 10.6 Å². The van der Waals surface area contributed by atoms with Crippen molar-refractivity contribution >= 4 is 35.0 Å². The summed E-state index contributed by atoms with van der Waals surface area (Å²) >= 11 is 13.9. The van der Waals surface area contributed by atoms with E-state index in [0.29, 0.717) is 10.6 Å². The van der Waals surface area contributed by atoms with Gasteiger partial charge in [-0.2, -0.15) is 0 Å². The van der Waals surface area contributed by atoms with E-state index in [9.17, 15) is 0 Å². The summed E-state index contributed by atoms with van der Waals surface area (Å²) in [6, 6.07) is 7.99. The largest absolute Gasteiger partial charge is 0.122 e. The molecule has 1 aliphatic carbocycles. The average molecular weight is 247 g/mol. The van der Waals surface area contributed by atoms with Crippen LogP contribution in [0.25, 0.3) is 0 Å². The second-order valence-corrected chi connectivity index (χ2v) is 5.87. The molecule has 0 spiro atoms. The Labute approximate surface area is 99.0 Å². The predicted molar refractivity (Wildman–Crippen MR) is 64.6 cm³/mol. The van der Waals surface area contributed by atoms with Crippen LogP contribution in [0, 0.1) is 0 Å². The van der Waals surface area contributed by atoms with Gasteiger partial charge < -0.3 is 0 Å². The standard InChI is InChI=1S/C11H12Cl2S/c12-8-4-6-9(7-5-8)14-11-3-1-2-10(11)13/h4-7,10-11H,1-3H2/t10-,11-/m1/s1. The Hall–Kier alpha value is 0.150. The summed E-state index contributed by atoms with van der Waals surface area (Å²) in [7, 11) is 0. The summed E-state index contributed by atoms with van der Waals surface area (Å²) in [5.41, 5.74) is 0. The molecule has 0 unspecified atom stereocenters. The van der Waals surface area contributed by atoms with Gasteiger partial charge in [0.25, 0.3) is 0 Å². The van der Waals surface area contributed by atoms with Crippen LogP contribution in [0.15, 0.2) is 29.2 Å². The molecule has 0 amide bonds. The molecule has 1 saturated carbocycles. The molecule has 1 aromatic carbocycles. The molecule has 0 bridgehead atoms. The van der Waals surface area contributed by atoms with E-state index in [0.717, 1.165) is 11.4 Å². The Morgan fingerprint density at radius 3 is 2.43 bits per heavy atom. The molecule has 0 nitrogen and oxygen atoms in total.